The van der Waals surface area contributed by atoms with Crippen molar-refractivity contribution in [3.8, 4) is 11.4 Å². The Morgan fingerprint density at radius 3 is 2.95 bits per heavy atom. The lowest BCUT2D eigenvalue weighted by molar-refractivity contribution is -0.141. The van der Waals surface area contributed by atoms with Crippen LogP contribution in [0.15, 0.2) is 24.3 Å². The summed E-state index contributed by atoms with van der Waals surface area (Å²) in [6.07, 6.45) is 1.19. The molecule has 21 heavy (non-hydrogen) atoms. The number of likely N-dealkylation sites (tertiary alicyclic amines) is 1. The Hall–Kier alpha value is -2.77. The first-order chi connectivity index (χ1) is 10.2. The summed E-state index contributed by atoms with van der Waals surface area (Å²) in [5.41, 5.74) is 1.08. The fourth-order valence-corrected chi connectivity index (χ4v) is 2.51. The van der Waals surface area contributed by atoms with Crippen molar-refractivity contribution in [2.75, 3.05) is 6.54 Å². The summed E-state index contributed by atoms with van der Waals surface area (Å²) in [4.78, 5) is 25.1. The van der Waals surface area contributed by atoms with E-state index in [1.807, 2.05) is 0 Å². The topological polar surface area (TPSA) is 112 Å². The van der Waals surface area contributed by atoms with Gasteiger partial charge < -0.3 is 10.0 Å². The minimum atomic E-state index is -0.963. The summed E-state index contributed by atoms with van der Waals surface area (Å²) in [5, 5.41) is 22.7. The van der Waals surface area contributed by atoms with Crippen LogP contribution in [-0.4, -0.2) is 55.1 Å². The molecule has 1 aromatic heterocycles. The molecule has 8 heteroatoms. The second-order valence-corrected chi connectivity index (χ2v) is 4.81. The first-order valence-corrected chi connectivity index (χ1v) is 6.54. The molecule has 0 saturated carbocycles. The van der Waals surface area contributed by atoms with Crippen LogP contribution in [0.1, 0.15) is 23.2 Å². The van der Waals surface area contributed by atoms with Gasteiger partial charge in [-0.2, -0.15) is 5.21 Å². The lowest BCUT2D eigenvalue weighted by atomic mass is 10.1. The number of H-pyrrole nitrogens is 1. The maximum absolute atomic E-state index is 12.5. The second kappa shape index (κ2) is 5.31. The van der Waals surface area contributed by atoms with Crippen LogP contribution in [0.2, 0.25) is 0 Å². The standard InChI is InChI=1S/C13H13N5O3/c19-12(18-6-2-5-10(18)13(20)21)9-4-1-3-8(7-9)11-14-16-17-15-11/h1,3-4,7,10H,2,5-6H2,(H,20,21)(H,14,15,16,17)/t10-/m1/s1. The minimum absolute atomic E-state index is 0.287. The molecule has 1 amide bonds. The maximum Gasteiger partial charge on any atom is 0.326 e. The van der Waals surface area contributed by atoms with Crippen LogP contribution in [0.5, 0.6) is 0 Å². The molecule has 0 radical (unpaired) electrons. The van der Waals surface area contributed by atoms with Gasteiger partial charge in [-0.05, 0) is 30.2 Å². The number of hydrogen-bond acceptors (Lipinski definition) is 5. The zero-order chi connectivity index (χ0) is 14.8. The number of carboxylic acids is 1. The van der Waals surface area contributed by atoms with E-state index in [1.54, 1.807) is 24.3 Å². The highest BCUT2D eigenvalue weighted by Gasteiger charge is 2.34. The summed E-state index contributed by atoms with van der Waals surface area (Å²) in [5.74, 6) is -0.860. The van der Waals surface area contributed by atoms with Crippen molar-refractivity contribution in [3.05, 3.63) is 29.8 Å². The maximum atomic E-state index is 12.5. The van der Waals surface area contributed by atoms with Gasteiger partial charge in [0.25, 0.3) is 5.91 Å². The van der Waals surface area contributed by atoms with E-state index in [9.17, 15) is 9.59 Å². The van der Waals surface area contributed by atoms with E-state index in [0.29, 0.717) is 36.3 Å². The van der Waals surface area contributed by atoms with Gasteiger partial charge in [0.1, 0.15) is 6.04 Å². The molecular formula is C13H13N5O3. The SMILES string of the molecule is O=C(O)[C@H]1CCCN1C(=O)c1cccc(-c2nn[nH]n2)c1. The van der Waals surface area contributed by atoms with Crippen LogP contribution < -0.4 is 0 Å². The Morgan fingerprint density at radius 2 is 2.24 bits per heavy atom. The van der Waals surface area contributed by atoms with Crippen LogP contribution in [0.4, 0.5) is 0 Å². The van der Waals surface area contributed by atoms with Gasteiger partial charge in [-0.1, -0.05) is 12.1 Å². The number of benzene rings is 1. The van der Waals surface area contributed by atoms with E-state index in [1.165, 1.54) is 4.90 Å². The lowest BCUT2D eigenvalue weighted by Gasteiger charge is -2.21. The van der Waals surface area contributed by atoms with Crippen molar-refractivity contribution in [1.82, 2.24) is 25.5 Å². The Kier molecular flexibility index (Phi) is 3.35. The molecular weight excluding hydrogens is 274 g/mol. The molecule has 0 bridgehead atoms. The van der Waals surface area contributed by atoms with Gasteiger partial charge in [0, 0.05) is 17.7 Å². The van der Waals surface area contributed by atoms with E-state index < -0.39 is 12.0 Å². The van der Waals surface area contributed by atoms with Crippen molar-refractivity contribution in [1.29, 1.82) is 0 Å². The highest BCUT2D eigenvalue weighted by Crippen LogP contribution is 2.22. The van der Waals surface area contributed by atoms with Gasteiger partial charge in [-0.15, -0.1) is 10.2 Å². The van der Waals surface area contributed by atoms with Crippen molar-refractivity contribution in [2.45, 2.75) is 18.9 Å². The van der Waals surface area contributed by atoms with Crippen LogP contribution in [0, 0.1) is 0 Å². The number of nitrogens with one attached hydrogen (secondary N) is 1. The van der Waals surface area contributed by atoms with E-state index in [-0.39, 0.29) is 5.91 Å². The molecule has 3 rings (SSSR count). The smallest absolute Gasteiger partial charge is 0.326 e. The molecule has 0 unspecified atom stereocenters. The summed E-state index contributed by atoms with van der Waals surface area (Å²) in [7, 11) is 0. The third kappa shape index (κ3) is 2.47. The van der Waals surface area contributed by atoms with E-state index in [0.717, 1.165) is 0 Å². The number of rotatable bonds is 3. The summed E-state index contributed by atoms with van der Waals surface area (Å²) in [6, 6.07) is 6.03. The number of aliphatic carboxylic acids is 1. The van der Waals surface area contributed by atoms with Crippen LogP contribution >= 0.6 is 0 Å². The molecule has 108 valence electrons. The number of carboxylic acid groups (broad SMARTS) is 1. The number of hydrogen-bond donors (Lipinski definition) is 2. The number of aromatic amines is 1. The quantitative estimate of drug-likeness (QED) is 0.852. The number of tetrazole rings is 1. The van der Waals surface area contributed by atoms with Crippen molar-refractivity contribution in [2.24, 2.45) is 0 Å². The second-order valence-electron chi connectivity index (χ2n) is 4.81. The summed E-state index contributed by atoms with van der Waals surface area (Å²) in [6.45, 7) is 0.461. The fraction of sp³-hybridized carbons (Fsp3) is 0.308. The van der Waals surface area contributed by atoms with Gasteiger partial charge in [0.05, 0.1) is 0 Å². The zero-order valence-corrected chi connectivity index (χ0v) is 11.1. The van der Waals surface area contributed by atoms with E-state index >= 15 is 0 Å². The monoisotopic (exact) mass is 287 g/mol. The van der Waals surface area contributed by atoms with Gasteiger partial charge in [-0.3, -0.25) is 4.79 Å². The van der Waals surface area contributed by atoms with Gasteiger partial charge >= 0.3 is 5.97 Å². The third-order valence-corrected chi connectivity index (χ3v) is 3.51. The summed E-state index contributed by atoms with van der Waals surface area (Å²) < 4.78 is 0. The molecule has 2 heterocycles. The highest BCUT2D eigenvalue weighted by molar-refractivity contribution is 5.97. The fourth-order valence-electron chi connectivity index (χ4n) is 2.51. The number of aromatic nitrogens is 4. The van der Waals surface area contributed by atoms with Gasteiger partial charge in [0.15, 0.2) is 0 Å². The first kappa shape index (κ1) is 13.2. The zero-order valence-electron chi connectivity index (χ0n) is 11.1. The van der Waals surface area contributed by atoms with Crippen molar-refractivity contribution >= 4 is 11.9 Å². The normalized spacial score (nSPS) is 17.9. The average molecular weight is 287 g/mol. The molecule has 0 spiro atoms. The molecule has 1 atom stereocenters. The van der Waals surface area contributed by atoms with E-state index in [4.69, 9.17) is 5.11 Å². The predicted octanol–water partition coefficient (Wildman–Crippen LogP) is 0.556. The Balaban J connectivity index is 1.88. The molecule has 0 aliphatic carbocycles. The lowest BCUT2D eigenvalue weighted by Crippen LogP contribution is -2.40. The highest BCUT2D eigenvalue weighted by atomic mass is 16.4. The molecule has 2 N–H and O–H groups in total. The average Bonchev–Trinajstić information content (AvgIpc) is 3.17. The Bertz CT molecular complexity index is 670. The van der Waals surface area contributed by atoms with Crippen LogP contribution in [-0.2, 0) is 4.79 Å². The van der Waals surface area contributed by atoms with Gasteiger partial charge in [-0.25, -0.2) is 4.79 Å². The number of carbonyl (C=O) groups is 2. The molecule has 1 aromatic carbocycles. The Morgan fingerprint density at radius 1 is 1.38 bits per heavy atom. The first-order valence-electron chi connectivity index (χ1n) is 6.54. The summed E-state index contributed by atoms with van der Waals surface area (Å²) >= 11 is 0. The third-order valence-electron chi connectivity index (χ3n) is 3.51. The number of nitrogens with zero attached hydrogens (tertiary/aromatic N) is 4. The van der Waals surface area contributed by atoms with Crippen LogP contribution in [0.25, 0.3) is 11.4 Å². The van der Waals surface area contributed by atoms with Crippen LogP contribution in [0.3, 0.4) is 0 Å². The molecule has 1 aliphatic heterocycles. The number of amides is 1. The largest absolute Gasteiger partial charge is 0.480 e. The molecule has 1 aliphatic rings. The molecule has 8 nitrogen and oxygen atoms in total. The Labute approximate surface area is 119 Å². The molecule has 1 saturated heterocycles. The van der Waals surface area contributed by atoms with E-state index in [2.05, 4.69) is 20.6 Å². The van der Waals surface area contributed by atoms with Crippen molar-refractivity contribution in [3.63, 3.8) is 0 Å². The molecule has 2 aromatic rings. The number of carbonyl (C=O) groups excluding carboxylic acids is 1. The van der Waals surface area contributed by atoms with Gasteiger partial charge in [0.2, 0.25) is 5.82 Å². The predicted molar refractivity (Wildman–Crippen MR) is 71.3 cm³/mol. The minimum Gasteiger partial charge on any atom is -0.480 e. The van der Waals surface area contributed by atoms with Crippen molar-refractivity contribution < 1.29 is 14.7 Å². The molecule has 1 fully saturated rings.